The molecule has 0 saturated carbocycles. The molecule has 202 valence electrons. The van der Waals surface area contributed by atoms with E-state index in [0.717, 1.165) is 9.87 Å². The standard InChI is InChI=1S/C28H31Cl2N3O4S/c1-4-22-11-9-10-14-26(22)33(38(36,37)23-12-7-6-8-13-23)19-27(34)32(20(3)28(35)31-5-2)18-21-15-16-24(29)25(30)17-21/h6-17,20H,4-5,18-19H2,1-3H3,(H,31,35). The van der Waals surface area contributed by atoms with E-state index in [1.54, 1.807) is 62.4 Å². The van der Waals surface area contributed by atoms with Gasteiger partial charge in [-0.05, 0) is 61.7 Å². The summed E-state index contributed by atoms with van der Waals surface area (Å²) in [6, 6.07) is 19.1. The molecule has 0 aromatic heterocycles. The number of rotatable bonds is 11. The van der Waals surface area contributed by atoms with Crippen molar-refractivity contribution in [3.63, 3.8) is 0 Å². The Bertz CT molecular complexity index is 1380. The summed E-state index contributed by atoms with van der Waals surface area (Å²) in [7, 11) is -4.11. The molecule has 7 nitrogen and oxygen atoms in total. The van der Waals surface area contributed by atoms with Gasteiger partial charge in [-0.25, -0.2) is 8.42 Å². The van der Waals surface area contributed by atoms with Crippen molar-refractivity contribution >= 4 is 50.7 Å². The number of hydrogen-bond acceptors (Lipinski definition) is 4. The Morgan fingerprint density at radius 1 is 0.921 bits per heavy atom. The van der Waals surface area contributed by atoms with Crippen molar-refractivity contribution < 1.29 is 18.0 Å². The lowest BCUT2D eigenvalue weighted by Gasteiger charge is -2.32. The largest absolute Gasteiger partial charge is 0.355 e. The lowest BCUT2D eigenvalue weighted by molar-refractivity contribution is -0.139. The number of carbonyl (C=O) groups excluding carboxylic acids is 2. The van der Waals surface area contributed by atoms with Gasteiger partial charge in [0.15, 0.2) is 0 Å². The molecule has 0 aliphatic carbocycles. The molecule has 38 heavy (non-hydrogen) atoms. The number of amides is 2. The fraction of sp³-hybridized carbons (Fsp3) is 0.286. The first-order valence-electron chi connectivity index (χ1n) is 12.3. The van der Waals surface area contributed by atoms with E-state index in [1.807, 2.05) is 19.1 Å². The summed E-state index contributed by atoms with van der Waals surface area (Å²) in [6.07, 6.45) is 0.563. The monoisotopic (exact) mass is 575 g/mol. The quantitative estimate of drug-likeness (QED) is 0.336. The second kappa shape index (κ2) is 13.1. The fourth-order valence-corrected chi connectivity index (χ4v) is 5.82. The maximum absolute atomic E-state index is 13.9. The smallest absolute Gasteiger partial charge is 0.264 e. The Kier molecular flexibility index (Phi) is 10.2. The van der Waals surface area contributed by atoms with E-state index in [2.05, 4.69) is 5.32 Å². The molecule has 1 unspecified atom stereocenters. The van der Waals surface area contributed by atoms with Gasteiger partial charge in [0.1, 0.15) is 12.6 Å². The fourth-order valence-electron chi connectivity index (χ4n) is 4.03. The van der Waals surface area contributed by atoms with E-state index >= 15 is 0 Å². The van der Waals surface area contributed by atoms with Crippen molar-refractivity contribution in [1.82, 2.24) is 10.2 Å². The number of aryl methyl sites for hydroxylation is 1. The molecule has 1 atom stereocenters. The number of nitrogens with zero attached hydrogens (tertiary/aromatic N) is 2. The Morgan fingerprint density at radius 3 is 2.21 bits per heavy atom. The molecule has 0 radical (unpaired) electrons. The zero-order valence-electron chi connectivity index (χ0n) is 21.5. The third kappa shape index (κ3) is 6.87. The number of benzene rings is 3. The first-order valence-corrected chi connectivity index (χ1v) is 14.5. The number of hydrogen-bond donors (Lipinski definition) is 1. The lowest BCUT2D eigenvalue weighted by atomic mass is 10.1. The highest BCUT2D eigenvalue weighted by Gasteiger charge is 2.33. The van der Waals surface area contributed by atoms with Gasteiger partial charge in [0.25, 0.3) is 10.0 Å². The molecule has 0 bridgehead atoms. The van der Waals surface area contributed by atoms with E-state index in [0.29, 0.717) is 34.3 Å². The second-order valence-corrected chi connectivity index (χ2v) is 11.3. The summed E-state index contributed by atoms with van der Waals surface area (Å²) in [5, 5.41) is 3.41. The summed E-state index contributed by atoms with van der Waals surface area (Å²) >= 11 is 12.2. The molecule has 3 rings (SSSR count). The Labute approximate surface area is 234 Å². The summed E-state index contributed by atoms with van der Waals surface area (Å²) in [6.45, 7) is 5.22. The molecule has 0 heterocycles. The molecule has 0 aliphatic rings. The molecular weight excluding hydrogens is 545 g/mol. The number of sulfonamides is 1. The maximum Gasteiger partial charge on any atom is 0.264 e. The topological polar surface area (TPSA) is 86.8 Å². The lowest BCUT2D eigenvalue weighted by Crippen LogP contribution is -2.51. The zero-order valence-corrected chi connectivity index (χ0v) is 23.9. The van der Waals surface area contributed by atoms with Crippen molar-refractivity contribution in [2.45, 2.75) is 44.7 Å². The third-order valence-electron chi connectivity index (χ3n) is 6.11. The van der Waals surface area contributed by atoms with Crippen LogP contribution in [0.4, 0.5) is 5.69 Å². The van der Waals surface area contributed by atoms with Gasteiger partial charge in [0.2, 0.25) is 11.8 Å². The van der Waals surface area contributed by atoms with Crippen LogP contribution in [0.3, 0.4) is 0 Å². The van der Waals surface area contributed by atoms with Gasteiger partial charge in [-0.2, -0.15) is 0 Å². The molecule has 0 fully saturated rings. The number of anilines is 1. The van der Waals surface area contributed by atoms with Crippen LogP contribution in [0.25, 0.3) is 0 Å². The van der Waals surface area contributed by atoms with Gasteiger partial charge in [-0.1, -0.05) is 72.6 Å². The van der Waals surface area contributed by atoms with Crippen LogP contribution in [0.15, 0.2) is 77.7 Å². The van der Waals surface area contributed by atoms with E-state index in [1.165, 1.54) is 17.0 Å². The van der Waals surface area contributed by atoms with Crippen LogP contribution in [0.5, 0.6) is 0 Å². The van der Waals surface area contributed by atoms with Crippen molar-refractivity contribution in [2.75, 3.05) is 17.4 Å². The molecular formula is C28H31Cl2N3O4S. The zero-order chi connectivity index (χ0) is 27.9. The molecule has 0 spiro atoms. The molecule has 3 aromatic rings. The second-order valence-electron chi connectivity index (χ2n) is 8.65. The number of likely N-dealkylation sites (N-methyl/N-ethyl adjacent to an activating group) is 1. The minimum absolute atomic E-state index is 0.0304. The Balaban J connectivity index is 2.06. The highest BCUT2D eigenvalue weighted by atomic mass is 35.5. The van der Waals surface area contributed by atoms with Crippen LogP contribution in [-0.4, -0.2) is 44.3 Å². The predicted octanol–water partition coefficient (Wildman–Crippen LogP) is 5.30. The van der Waals surface area contributed by atoms with Crippen molar-refractivity contribution in [1.29, 1.82) is 0 Å². The van der Waals surface area contributed by atoms with Crippen LogP contribution < -0.4 is 9.62 Å². The minimum Gasteiger partial charge on any atom is -0.355 e. The molecule has 0 aliphatic heterocycles. The van der Waals surface area contributed by atoms with Crippen LogP contribution in [0.2, 0.25) is 10.0 Å². The van der Waals surface area contributed by atoms with Gasteiger partial charge in [-0.3, -0.25) is 13.9 Å². The van der Waals surface area contributed by atoms with Crippen LogP contribution in [0, 0.1) is 0 Å². The number of halogens is 2. The van der Waals surface area contributed by atoms with Crippen molar-refractivity contribution in [3.8, 4) is 0 Å². The minimum atomic E-state index is -4.11. The highest BCUT2D eigenvalue weighted by molar-refractivity contribution is 7.92. The van der Waals surface area contributed by atoms with Gasteiger partial charge in [-0.15, -0.1) is 0 Å². The Hall–Kier alpha value is -3.07. The highest BCUT2D eigenvalue weighted by Crippen LogP contribution is 2.29. The maximum atomic E-state index is 13.9. The summed E-state index contributed by atoms with van der Waals surface area (Å²) in [4.78, 5) is 28.1. The molecule has 0 saturated heterocycles. The third-order valence-corrected chi connectivity index (χ3v) is 8.62. The first-order chi connectivity index (χ1) is 18.1. The average Bonchev–Trinajstić information content (AvgIpc) is 2.92. The predicted molar refractivity (Wildman–Crippen MR) is 152 cm³/mol. The van der Waals surface area contributed by atoms with Gasteiger partial charge in [0, 0.05) is 13.1 Å². The van der Waals surface area contributed by atoms with Gasteiger partial charge < -0.3 is 10.2 Å². The van der Waals surface area contributed by atoms with E-state index in [-0.39, 0.29) is 17.3 Å². The van der Waals surface area contributed by atoms with Crippen LogP contribution in [-0.2, 0) is 32.6 Å². The summed E-state index contributed by atoms with van der Waals surface area (Å²) in [5.74, 6) is -0.896. The molecule has 1 N–H and O–H groups in total. The van der Waals surface area contributed by atoms with Crippen molar-refractivity contribution in [2.24, 2.45) is 0 Å². The average molecular weight is 577 g/mol. The van der Waals surface area contributed by atoms with Gasteiger partial charge >= 0.3 is 0 Å². The Morgan fingerprint density at radius 2 is 1.58 bits per heavy atom. The van der Waals surface area contributed by atoms with E-state index in [4.69, 9.17) is 23.2 Å². The number of para-hydroxylation sites is 1. The van der Waals surface area contributed by atoms with Gasteiger partial charge in [0.05, 0.1) is 20.6 Å². The normalized spacial score (nSPS) is 12.0. The first kappa shape index (κ1) is 29.5. The van der Waals surface area contributed by atoms with Crippen molar-refractivity contribution in [3.05, 3.63) is 94.0 Å². The molecule has 3 aromatic carbocycles. The number of nitrogens with one attached hydrogen (secondary N) is 1. The summed E-state index contributed by atoms with van der Waals surface area (Å²) < 4.78 is 28.8. The SMILES string of the molecule is CCNC(=O)C(C)N(Cc1ccc(Cl)c(Cl)c1)C(=O)CN(c1ccccc1CC)S(=O)(=O)c1ccccc1. The number of carbonyl (C=O) groups is 2. The molecule has 10 heteroatoms. The molecule has 2 amide bonds. The van der Waals surface area contributed by atoms with E-state index < -0.39 is 28.5 Å². The van der Waals surface area contributed by atoms with E-state index in [9.17, 15) is 18.0 Å². The van der Waals surface area contributed by atoms with Crippen LogP contribution in [0.1, 0.15) is 31.9 Å². The summed E-state index contributed by atoms with van der Waals surface area (Å²) in [5.41, 5.74) is 1.83. The van der Waals surface area contributed by atoms with Crippen LogP contribution >= 0.6 is 23.2 Å².